The molecule has 0 aliphatic heterocycles. The fraction of sp³-hybridized carbons (Fsp3) is 0.263. The lowest BCUT2D eigenvalue weighted by Gasteiger charge is -2.19. The lowest BCUT2D eigenvalue weighted by Crippen LogP contribution is -2.16. The number of hydrogen-bond donors (Lipinski definition) is 3. The maximum Gasteiger partial charge on any atom is 0.416 e. The highest BCUT2D eigenvalue weighted by molar-refractivity contribution is 7.91. The van der Waals surface area contributed by atoms with E-state index in [1.54, 1.807) is 6.92 Å². The first-order chi connectivity index (χ1) is 13.9. The van der Waals surface area contributed by atoms with Crippen LogP contribution in [0.5, 0.6) is 0 Å². The van der Waals surface area contributed by atoms with Crippen LogP contribution in [0.3, 0.4) is 0 Å². The molecule has 3 N–H and O–H groups in total. The van der Waals surface area contributed by atoms with Gasteiger partial charge in [-0.2, -0.15) is 13.2 Å². The number of aromatic amines is 1. The molecule has 3 rings (SSSR count). The molecule has 160 valence electrons. The van der Waals surface area contributed by atoms with Gasteiger partial charge in [-0.05, 0) is 43.7 Å². The Morgan fingerprint density at radius 2 is 1.73 bits per heavy atom. The number of rotatable bonds is 5. The van der Waals surface area contributed by atoms with E-state index in [2.05, 4.69) is 20.3 Å². The molecular weight excluding hydrogens is 422 g/mol. The van der Waals surface area contributed by atoms with Crippen molar-refractivity contribution in [3.8, 4) is 0 Å². The first kappa shape index (κ1) is 21.8. The summed E-state index contributed by atoms with van der Waals surface area (Å²) in [5, 5.41) is 3.08. The number of H-pyrrole nitrogens is 1. The van der Waals surface area contributed by atoms with E-state index in [4.69, 9.17) is 4.78 Å². The van der Waals surface area contributed by atoms with Crippen LogP contribution in [0.25, 0.3) is 0 Å². The minimum absolute atomic E-state index is 0.0551. The number of imidazole rings is 1. The number of aryl methyl sites for hydroxylation is 2. The average Bonchev–Trinajstić information content (AvgIpc) is 3.04. The first-order valence-corrected chi connectivity index (χ1v) is 10.7. The lowest BCUT2D eigenvalue weighted by molar-refractivity contribution is -0.137. The van der Waals surface area contributed by atoms with E-state index in [1.807, 2.05) is 0 Å². The number of alkyl halides is 3. The van der Waals surface area contributed by atoms with E-state index >= 15 is 0 Å². The van der Waals surface area contributed by atoms with Gasteiger partial charge in [0.05, 0.1) is 21.0 Å². The van der Waals surface area contributed by atoms with Crippen LogP contribution in [-0.4, -0.2) is 25.4 Å². The molecule has 0 saturated heterocycles. The fourth-order valence-corrected chi connectivity index (χ4v) is 3.84. The van der Waals surface area contributed by atoms with E-state index in [1.165, 1.54) is 37.4 Å². The minimum atomic E-state index is -4.48. The molecular formula is C19H19F4N5OS. The maximum absolute atomic E-state index is 13.6. The number of anilines is 1. The molecule has 30 heavy (non-hydrogen) atoms. The zero-order valence-electron chi connectivity index (χ0n) is 16.3. The Hall–Kier alpha value is -2.95. The van der Waals surface area contributed by atoms with E-state index in [-0.39, 0.29) is 22.4 Å². The Kier molecular flexibility index (Phi) is 5.59. The largest absolute Gasteiger partial charge is 0.416 e. The van der Waals surface area contributed by atoms with Gasteiger partial charge in [-0.15, -0.1) is 0 Å². The zero-order valence-corrected chi connectivity index (χ0v) is 17.1. The topological polar surface area (TPSA) is 94.5 Å². The van der Waals surface area contributed by atoms with Crippen LogP contribution in [0.15, 0.2) is 41.4 Å². The summed E-state index contributed by atoms with van der Waals surface area (Å²) in [6.07, 6.45) is -3.25. The van der Waals surface area contributed by atoms with Gasteiger partial charge in [-0.1, -0.05) is 12.1 Å². The molecule has 2 aromatic heterocycles. The Balaban J connectivity index is 2.08. The van der Waals surface area contributed by atoms with Crippen molar-refractivity contribution in [3.63, 3.8) is 0 Å². The van der Waals surface area contributed by atoms with Gasteiger partial charge in [-0.3, -0.25) is 0 Å². The Labute approximate surface area is 170 Å². The molecule has 2 heterocycles. The molecule has 1 aromatic carbocycles. The van der Waals surface area contributed by atoms with Crippen molar-refractivity contribution in [1.29, 1.82) is 4.78 Å². The van der Waals surface area contributed by atoms with Gasteiger partial charge in [0.15, 0.2) is 5.03 Å². The smallest absolute Gasteiger partial charge is 0.356 e. The van der Waals surface area contributed by atoms with Crippen molar-refractivity contribution in [1.82, 2.24) is 15.0 Å². The highest BCUT2D eigenvalue weighted by atomic mass is 32.2. The predicted octanol–water partition coefficient (Wildman–Crippen LogP) is 4.82. The summed E-state index contributed by atoms with van der Waals surface area (Å²) in [5.41, 5.74) is 0.166. The third kappa shape index (κ3) is 4.61. The molecule has 0 unspecified atom stereocenters. The van der Waals surface area contributed by atoms with Gasteiger partial charge in [0.2, 0.25) is 0 Å². The monoisotopic (exact) mass is 441 g/mol. The highest BCUT2D eigenvalue weighted by Crippen LogP contribution is 2.32. The standard InChI is InChI=1S/C19H19F4N5OS/c1-10-14(20)8-9-15(25-10)27-16(12-4-6-13(7-5-12)19(21,22)23)17-26-11(2)18(28-17)30(3,24)29/h4-9,16,24H,1-3H3,(H,25,27)(H,26,28)/t16-,30-/m0/s1. The van der Waals surface area contributed by atoms with Crippen LogP contribution in [0.4, 0.5) is 23.4 Å². The fourth-order valence-electron chi connectivity index (χ4n) is 2.93. The lowest BCUT2D eigenvalue weighted by atomic mass is 10.0. The van der Waals surface area contributed by atoms with Gasteiger partial charge >= 0.3 is 6.18 Å². The number of hydrogen-bond acceptors (Lipinski definition) is 5. The zero-order chi connectivity index (χ0) is 22.3. The molecule has 0 bridgehead atoms. The molecule has 0 fully saturated rings. The molecule has 2 atom stereocenters. The Morgan fingerprint density at radius 1 is 1.10 bits per heavy atom. The van der Waals surface area contributed by atoms with Crippen LogP contribution in [0.2, 0.25) is 0 Å². The van der Waals surface area contributed by atoms with Crippen molar-refractivity contribution in [2.24, 2.45) is 0 Å². The van der Waals surface area contributed by atoms with Gasteiger partial charge in [0.1, 0.15) is 23.5 Å². The van der Waals surface area contributed by atoms with Crippen molar-refractivity contribution in [3.05, 3.63) is 70.6 Å². The highest BCUT2D eigenvalue weighted by Gasteiger charge is 2.31. The van der Waals surface area contributed by atoms with Crippen molar-refractivity contribution in [2.75, 3.05) is 11.6 Å². The maximum atomic E-state index is 13.6. The average molecular weight is 441 g/mol. The molecule has 0 aliphatic rings. The predicted molar refractivity (Wildman–Crippen MR) is 104 cm³/mol. The number of pyridine rings is 1. The van der Waals surface area contributed by atoms with E-state index in [9.17, 15) is 21.8 Å². The normalized spacial score (nSPS) is 14.9. The van der Waals surface area contributed by atoms with Gasteiger partial charge in [-0.25, -0.2) is 23.3 Å². The molecule has 0 spiro atoms. The molecule has 3 aromatic rings. The van der Waals surface area contributed by atoms with Crippen molar-refractivity contribution in [2.45, 2.75) is 31.1 Å². The van der Waals surface area contributed by atoms with Gasteiger partial charge < -0.3 is 10.3 Å². The summed E-state index contributed by atoms with van der Waals surface area (Å²) in [5.74, 6) is 0.0213. The molecule has 0 saturated carbocycles. The Morgan fingerprint density at radius 3 is 2.23 bits per heavy atom. The van der Waals surface area contributed by atoms with E-state index < -0.39 is 33.3 Å². The van der Waals surface area contributed by atoms with Crippen molar-refractivity contribution < 1.29 is 21.8 Å². The first-order valence-electron chi connectivity index (χ1n) is 8.73. The van der Waals surface area contributed by atoms with Crippen LogP contribution in [0, 0.1) is 24.4 Å². The van der Waals surface area contributed by atoms with Crippen LogP contribution < -0.4 is 5.32 Å². The molecule has 6 nitrogen and oxygen atoms in total. The number of benzene rings is 1. The number of aromatic nitrogens is 3. The molecule has 0 radical (unpaired) electrons. The molecule has 11 heteroatoms. The summed E-state index contributed by atoms with van der Waals surface area (Å²) in [4.78, 5) is 11.3. The SMILES string of the molecule is Cc1nc(N[C@@H](c2ccc(C(F)(F)F)cc2)c2nc([S@@](C)(=N)=O)c(C)[nH]2)ccc1F. The summed E-state index contributed by atoms with van der Waals surface area (Å²) in [6, 6.07) is 6.27. The third-order valence-corrected chi connectivity index (χ3v) is 5.52. The van der Waals surface area contributed by atoms with Gasteiger partial charge in [0, 0.05) is 11.9 Å². The third-order valence-electron chi connectivity index (χ3n) is 4.39. The second-order valence-electron chi connectivity index (χ2n) is 6.86. The Bertz CT molecular complexity index is 1170. The van der Waals surface area contributed by atoms with Gasteiger partial charge in [0.25, 0.3) is 0 Å². The van der Waals surface area contributed by atoms with Crippen LogP contribution in [-0.2, 0) is 15.9 Å². The summed E-state index contributed by atoms with van der Waals surface area (Å²) < 4.78 is 72.3. The van der Waals surface area contributed by atoms with E-state index in [0.717, 1.165) is 12.1 Å². The van der Waals surface area contributed by atoms with E-state index in [0.29, 0.717) is 11.3 Å². The quantitative estimate of drug-likeness (QED) is 0.495. The number of nitrogens with one attached hydrogen (secondary N) is 3. The summed E-state index contributed by atoms with van der Waals surface area (Å²) in [7, 11) is -3.12. The second-order valence-corrected chi connectivity index (χ2v) is 8.93. The van der Waals surface area contributed by atoms with Crippen LogP contribution >= 0.6 is 0 Å². The number of halogens is 4. The second kappa shape index (κ2) is 7.71. The number of nitrogens with zero attached hydrogens (tertiary/aromatic N) is 2. The minimum Gasteiger partial charge on any atom is -0.356 e. The summed E-state index contributed by atoms with van der Waals surface area (Å²) in [6.45, 7) is 3.09. The summed E-state index contributed by atoms with van der Waals surface area (Å²) >= 11 is 0. The molecule has 0 amide bonds. The van der Waals surface area contributed by atoms with Crippen molar-refractivity contribution >= 4 is 15.5 Å². The van der Waals surface area contributed by atoms with Crippen LogP contribution in [0.1, 0.15) is 34.4 Å². The molecule has 0 aliphatic carbocycles.